The number of methoxy groups -OCH3 is 1. The molecule has 23 heavy (non-hydrogen) atoms. The number of hydrogen-bond donors (Lipinski definition) is 3. The number of hydrogen-bond acceptors (Lipinski definition) is 3. The van der Waals surface area contributed by atoms with Crippen molar-refractivity contribution in [2.75, 3.05) is 7.11 Å². The van der Waals surface area contributed by atoms with Crippen molar-refractivity contribution in [3.63, 3.8) is 0 Å². The monoisotopic (exact) mass is 320 g/mol. The maximum Gasteiger partial charge on any atom is 0.315 e. The van der Waals surface area contributed by atoms with Gasteiger partial charge in [0.2, 0.25) is 0 Å². The Morgan fingerprint density at radius 2 is 1.91 bits per heavy atom. The van der Waals surface area contributed by atoms with Gasteiger partial charge in [-0.25, -0.2) is 4.79 Å². The number of ether oxygens (including phenoxy) is 1. The molecule has 1 saturated carbocycles. The number of carboxylic acid groups (broad SMARTS) is 1. The van der Waals surface area contributed by atoms with E-state index in [0.29, 0.717) is 38.8 Å². The number of benzene rings is 1. The van der Waals surface area contributed by atoms with E-state index in [1.807, 2.05) is 24.3 Å². The Kier molecular flexibility index (Phi) is 6.40. The van der Waals surface area contributed by atoms with Crippen molar-refractivity contribution >= 4 is 12.0 Å². The summed E-state index contributed by atoms with van der Waals surface area (Å²) in [6.45, 7) is 1.00. The SMILES string of the molecule is COCc1cccc(CNC(=O)NC2CCC(C(=O)O)CC2)c1. The van der Waals surface area contributed by atoms with Gasteiger partial charge in [0.25, 0.3) is 0 Å². The van der Waals surface area contributed by atoms with Crippen molar-refractivity contribution in [3.8, 4) is 0 Å². The lowest BCUT2D eigenvalue weighted by atomic mass is 9.86. The van der Waals surface area contributed by atoms with Gasteiger partial charge in [0.1, 0.15) is 0 Å². The van der Waals surface area contributed by atoms with Crippen LogP contribution in [0.2, 0.25) is 0 Å². The third-order valence-corrected chi connectivity index (χ3v) is 4.17. The second-order valence-electron chi connectivity index (χ2n) is 5.97. The van der Waals surface area contributed by atoms with Crippen molar-refractivity contribution < 1.29 is 19.4 Å². The van der Waals surface area contributed by atoms with Crippen LogP contribution in [0.15, 0.2) is 24.3 Å². The molecule has 3 N–H and O–H groups in total. The maximum absolute atomic E-state index is 11.9. The molecule has 0 atom stereocenters. The number of carbonyl (C=O) groups excluding carboxylic acids is 1. The standard InChI is InChI=1S/C17H24N2O4/c1-23-11-13-4-2-3-12(9-13)10-18-17(22)19-15-7-5-14(6-8-15)16(20)21/h2-4,9,14-15H,5-8,10-11H2,1H3,(H,20,21)(H2,18,19,22). The molecule has 1 aromatic carbocycles. The van der Waals surface area contributed by atoms with Gasteiger partial charge in [-0.2, -0.15) is 0 Å². The average molecular weight is 320 g/mol. The second-order valence-corrected chi connectivity index (χ2v) is 5.97. The summed E-state index contributed by atoms with van der Waals surface area (Å²) < 4.78 is 5.09. The zero-order valence-electron chi connectivity index (χ0n) is 13.4. The smallest absolute Gasteiger partial charge is 0.315 e. The van der Waals surface area contributed by atoms with Crippen molar-refractivity contribution in [1.29, 1.82) is 0 Å². The Hall–Kier alpha value is -2.08. The first-order chi connectivity index (χ1) is 11.1. The van der Waals surface area contributed by atoms with Gasteiger partial charge in [-0.05, 0) is 36.8 Å². The molecule has 1 fully saturated rings. The summed E-state index contributed by atoms with van der Waals surface area (Å²) in [6.07, 6.45) is 2.68. The van der Waals surface area contributed by atoms with Crippen molar-refractivity contribution in [2.24, 2.45) is 5.92 Å². The second kappa shape index (κ2) is 8.53. The number of carboxylic acids is 1. The lowest BCUT2D eigenvalue weighted by Crippen LogP contribution is -2.43. The van der Waals surface area contributed by atoms with E-state index < -0.39 is 5.97 Å². The molecule has 0 saturated heterocycles. The topological polar surface area (TPSA) is 87.7 Å². The number of aliphatic carboxylic acids is 1. The first-order valence-electron chi connectivity index (χ1n) is 7.92. The van der Waals surface area contributed by atoms with Gasteiger partial charge in [-0.1, -0.05) is 24.3 Å². The number of nitrogens with one attached hydrogen (secondary N) is 2. The Balaban J connectivity index is 1.73. The summed E-state index contributed by atoms with van der Waals surface area (Å²) in [5, 5.41) is 14.7. The summed E-state index contributed by atoms with van der Waals surface area (Å²) in [4.78, 5) is 22.9. The maximum atomic E-state index is 11.9. The molecule has 126 valence electrons. The van der Waals surface area contributed by atoms with Gasteiger partial charge in [0.05, 0.1) is 12.5 Å². The van der Waals surface area contributed by atoms with Crippen LogP contribution in [-0.2, 0) is 22.7 Å². The number of urea groups is 1. The summed E-state index contributed by atoms with van der Waals surface area (Å²) in [6, 6.07) is 7.73. The van der Waals surface area contributed by atoms with Crippen LogP contribution in [0.4, 0.5) is 4.79 Å². The van der Waals surface area contributed by atoms with E-state index in [0.717, 1.165) is 11.1 Å². The molecule has 0 heterocycles. The molecular weight excluding hydrogens is 296 g/mol. The van der Waals surface area contributed by atoms with Gasteiger partial charge in [-0.3, -0.25) is 4.79 Å². The molecule has 6 nitrogen and oxygen atoms in total. The highest BCUT2D eigenvalue weighted by molar-refractivity contribution is 5.74. The molecule has 0 unspecified atom stereocenters. The van der Waals surface area contributed by atoms with E-state index in [4.69, 9.17) is 9.84 Å². The Morgan fingerprint density at radius 3 is 2.57 bits per heavy atom. The van der Waals surface area contributed by atoms with E-state index >= 15 is 0 Å². The van der Waals surface area contributed by atoms with Crippen molar-refractivity contribution in [3.05, 3.63) is 35.4 Å². The molecule has 1 aliphatic carbocycles. The van der Waals surface area contributed by atoms with Crippen LogP contribution < -0.4 is 10.6 Å². The van der Waals surface area contributed by atoms with Gasteiger partial charge in [-0.15, -0.1) is 0 Å². The predicted octanol–water partition coefficient (Wildman–Crippen LogP) is 2.28. The Bertz CT molecular complexity index is 539. The highest BCUT2D eigenvalue weighted by Gasteiger charge is 2.26. The van der Waals surface area contributed by atoms with E-state index in [1.165, 1.54) is 0 Å². The van der Waals surface area contributed by atoms with Crippen LogP contribution in [0.3, 0.4) is 0 Å². The first kappa shape index (κ1) is 17.3. The zero-order valence-corrected chi connectivity index (χ0v) is 13.4. The molecular formula is C17H24N2O4. The number of rotatable bonds is 6. The molecule has 1 aliphatic rings. The summed E-state index contributed by atoms with van der Waals surface area (Å²) >= 11 is 0. The number of amides is 2. The lowest BCUT2D eigenvalue weighted by molar-refractivity contribution is -0.142. The third-order valence-electron chi connectivity index (χ3n) is 4.17. The minimum Gasteiger partial charge on any atom is -0.481 e. The molecule has 6 heteroatoms. The molecule has 2 rings (SSSR count). The average Bonchev–Trinajstić information content (AvgIpc) is 2.54. The van der Waals surface area contributed by atoms with Gasteiger partial charge in [0.15, 0.2) is 0 Å². The van der Waals surface area contributed by atoms with Crippen molar-refractivity contribution in [1.82, 2.24) is 10.6 Å². The first-order valence-corrected chi connectivity index (χ1v) is 7.92. The van der Waals surface area contributed by atoms with E-state index in [9.17, 15) is 9.59 Å². The lowest BCUT2D eigenvalue weighted by Gasteiger charge is -2.26. The Labute approximate surface area is 136 Å². The fourth-order valence-electron chi connectivity index (χ4n) is 2.90. The van der Waals surface area contributed by atoms with Gasteiger partial charge < -0.3 is 20.5 Å². The molecule has 0 aromatic heterocycles. The molecule has 1 aromatic rings. The van der Waals surface area contributed by atoms with Gasteiger partial charge >= 0.3 is 12.0 Å². The quantitative estimate of drug-likeness (QED) is 0.750. The zero-order chi connectivity index (χ0) is 16.7. The van der Waals surface area contributed by atoms with E-state index in [-0.39, 0.29) is 18.0 Å². The van der Waals surface area contributed by atoms with Gasteiger partial charge in [0, 0.05) is 19.7 Å². The summed E-state index contributed by atoms with van der Waals surface area (Å²) in [7, 11) is 1.65. The summed E-state index contributed by atoms with van der Waals surface area (Å²) in [5.74, 6) is -0.997. The van der Waals surface area contributed by atoms with Crippen LogP contribution in [0.1, 0.15) is 36.8 Å². The highest BCUT2D eigenvalue weighted by Crippen LogP contribution is 2.24. The number of carbonyl (C=O) groups is 2. The van der Waals surface area contributed by atoms with Crippen LogP contribution >= 0.6 is 0 Å². The largest absolute Gasteiger partial charge is 0.481 e. The summed E-state index contributed by atoms with van der Waals surface area (Å²) in [5.41, 5.74) is 2.09. The molecule has 2 amide bonds. The van der Waals surface area contributed by atoms with E-state index in [2.05, 4.69) is 10.6 Å². The van der Waals surface area contributed by atoms with Crippen LogP contribution in [0.25, 0.3) is 0 Å². The van der Waals surface area contributed by atoms with Crippen LogP contribution in [0, 0.1) is 5.92 Å². The Morgan fingerprint density at radius 1 is 1.22 bits per heavy atom. The minimum absolute atomic E-state index is 0.0606. The van der Waals surface area contributed by atoms with E-state index in [1.54, 1.807) is 7.11 Å². The molecule has 0 aliphatic heterocycles. The molecule has 0 radical (unpaired) electrons. The fraction of sp³-hybridized carbons (Fsp3) is 0.529. The van der Waals surface area contributed by atoms with Crippen LogP contribution in [0.5, 0.6) is 0 Å². The molecule has 0 spiro atoms. The van der Waals surface area contributed by atoms with Crippen LogP contribution in [-0.4, -0.2) is 30.3 Å². The van der Waals surface area contributed by atoms with Crippen molar-refractivity contribution in [2.45, 2.75) is 44.9 Å². The fourth-order valence-corrected chi connectivity index (χ4v) is 2.90. The predicted molar refractivity (Wildman–Crippen MR) is 85.9 cm³/mol. The minimum atomic E-state index is -0.733. The normalized spacial score (nSPS) is 20.7. The highest BCUT2D eigenvalue weighted by atomic mass is 16.5. The molecule has 0 bridgehead atoms. The third kappa shape index (κ3) is 5.56.